The second kappa shape index (κ2) is 6.16. The number of hydrogen-bond donors (Lipinski definition) is 1. The lowest BCUT2D eigenvalue weighted by Gasteiger charge is -2.46. The normalized spacial score (nSPS) is 15.0. The fourth-order valence-electron chi connectivity index (χ4n) is 3.01. The van der Waals surface area contributed by atoms with E-state index in [9.17, 15) is 9.50 Å². The molecule has 0 aliphatic carbocycles. The summed E-state index contributed by atoms with van der Waals surface area (Å²) in [6.07, 6.45) is 3.73. The molecule has 1 aromatic carbocycles. The number of halogens is 1. The molecule has 0 fully saturated rings. The molecule has 0 radical (unpaired) electrons. The van der Waals surface area contributed by atoms with Gasteiger partial charge < -0.3 is 5.11 Å². The monoisotopic (exact) mass is 305 g/mol. The van der Waals surface area contributed by atoms with Crippen molar-refractivity contribution in [3.63, 3.8) is 0 Å². The maximum atomic E-state index is 13.1. The summed E-state index contributed by atoms with van der Waals surface area (Å²) in [5.74, 6) is -0.213. The number of nitrogens with zero attached hydrogens (tertiary/aromatic N) is 3. The molecular formula is C17H24FN3O. The van der Waals surface area contributed by atoms with Gasteiger partial charge in [0.15, 0.2) is 0 Å². The maximum absolute atomic E-state index is 13.1. The molecule has 1 atom stereocenters. The Bertz CT molecular complexity index is 593. The van der Waals surface area contributed by atoms with Gasteiger partial charge >= 0.3 is 0 Å². The van der Waals surface area contributed by atoms with E-state index in [-0.39, 0.29) is 11.7 Å². The van der Waals surface area contributed by atoms with Crippen LogP contribution >= 0.6 is 0 Å². The van der Waals surface area contributed by atoms with E-state index in [0.29, 0.717) is 13.0 Å². The summed E-state index contributed by atoms with van der Waals surface area (Å²) >= 11 is 0. The zero-order chi connectivity index (χ0) is 16.4. The van der Waals surface area contributed by atoms with Crippen LogP contribution in [0.4, 0.5) is 4.39 Å². The van der Waals surface area contributed by atoms with Crippen LogP contribution in [-0.4, -0.2) is 25.5 Å². The third-order valence-electron chi connectivity index (χ3n) is 4.56. The molecule has 0 spiro atoms. The molecule has 0 amide bonds. The summed E-state index contributed by atoms with van der Waals surface area (Å²) in [5, 5.41) is 15.5. The quantitative estimate of drug-likeness (QED) is 0.892. The van der Waals surface area contributed by atoms with Crippen molar-refractivity contribution in [3.8, 4) is 0 Å². The summed E-state index contributed by atoms with van der Waals surface area (Å²) < 4.78 is 14.7. The summed E-state index contributed by atoms with van der Waals surface area (Å²) in [7, 11) is 0. The van der Waals surface area contributed by atoms with Crippen LogP contribution in [0.2, 0.25) is 0 Å². The van der Waals surface area contributed by atoms with E-state index in [1.165, 1.54) is 18.5 Å². The lowest BCUT2D eigenvalue weighted by Crippen LogP contribution is -2.53. The van der Waals surface area contributed by atoms with Crippen LogP contribution in [0.5, 0.6) is 0 Å². The van der Waals surface area contributed by atoms with E-state index in [0.717, 1.165) is 5.56 Å². The molecule has 1 aromatic heterocycles. The summed E-state index contributed by atoms with van der Waals surface area (Å²) in [6.45, 7) is 8.45. The molecule has 4 nitrogen and oxygen atoms in total. The Morgan fingerprint density at radius 2 is 1.86 bits per heavy atom. The Morgan fingerprint density at radius 3 is 2.36 bits per heavy atom. The zero-order valence-electron chi connectivity index (χ0n) is 13.6. The van der Waals surface area contributed by atoms with Gasteiger partial charge in [-0.05, 0) is 35.4 Å². The highest BCUT2D eigenvalue weighted by molar-refractivity contribution is 5.19. The smallest absolute Gasteiger partial charge is 0.137 e. The molecule has 2 rings (SSSR count). The van der Waals surface area contributed by atoms with Crippen molar-refractivity contribution in [1.29, 1.82) is 0 Å². The number of aromatic nitrogens is 3. The molecular weight excluding hydrogens is 281 g/mol. The SMILES string of the molecule is CC(C)C(O)(Cn1cncn1)C(C)(C)Cc1ccc(F)cc1. The minimum Gasteiger partial charge on any atom is -0.387 e. The first kappa shape index (κ1) is 16.6. The van der Waals surface area contributed by atoms with Gasteiger partial charge in [-0.15, -0.1) is 0 Å². The topological polar surface area (TPSA) is 50.9 Å². The Labute approximate surface area is 131 Å². The first-order valence-corrected chi connectivity index (χ1v) is 7.54. The van der Waals surface area contributed by atoms with Gasteiger partial charge in [-0.1, -0.05) is 39.8 Å². The fourth-order valence-corrected chi connectivity index (χ4v) is 3.01. The first-order chi connectivity index (χ1) is 10.2. The average Bonchev–Trinajstić information content (AvgIpc) is 2.93. The largest absolute Gasteiger partial charge is 0.387 e. The third-order valence-corrected chi connectivity index (χ3v) is 4.56. The Morgan fingerprint density at radius 1 is 1.23 bits per heavy atom. The van der Waals surface area contributed by atoms with E-state index >= 15 is 0 Å². The number of aliphatic hydroxyl groups is 1. The standard InChI is InChI=1S/C17H24FN3O/c1-13(2)17(22,10-21-12-19-11-20-21)16(3,4)9-14-5-7-15(18)8-6-14/h5-8,11-13,22H,9-10H2,1-4H3. The molecule has 22 heavy (non-hydrogen) atoms. The van der Waals surface area contributed by atoms with E-state index in [1.54, 1.807) is 23.1 Å². The minimum atomic E-state index is -0.963. The van der Waals surface area contributed by atoms with Gasteiger partial charge in [-0.2, -0.15) is 5.10 Å². The number of benzene rings is 1. The van der Waals surface area contributed by atoms with Crippen molar-refractivity contribution < 1.29 is 9.50 Å². The zero-order valence-corrected chi connectivity index (χ0v) is 13.6. The summed E-state index contributed by atoms with van der Waals surface area (Å²) in [6, 6.07) is 6.45. The average molecular weight is 305 g/mol. The van der Waals surface area contributed by atoms with Gasteiger partial charge in [0.1, 0.15) is 18.5 Å². The second-order valence-electron chi connectivity index (χ2n) is 6.86. The predicted molar refractivity (Wildman–Crippen MR) is 83.7 cm³/mol. The highest BCUT2D eigenvalue weighted by Crippen LogP contribution is 2.40. The van der Waals surface area contributed by atoms with E-state index in [4.69, 9.17) is 0 Å². The molecule has 0 aliphatic heterocycles. The van der Waals surface area contributed by atoms with Crippen LogP contribution in [0.25, 0.3) is 0 Å². The second-order valence-corrected chi connectivity index (χ2v) is 6.86. The highest BCUT2D eigenvalue weighted by Gasteiger charge is 2.46. The number of hydrogen-bond acceptors (Lipinski definition) is 3. The van der Waals surface area contributed by atoms with Crippen molar-refractivity contribution in [2.45, 2.75) is 46.3 Å². The van der Waals surface area contributed by atoms with Gasteiger partial charge in [-0.3, -0.25) is 4.68 Å². The molecule has 0 saturated carbocycles. The predicted octanol–water partition coefficient (Wildman–Crippen LogP) is 3.07. The van der Waals surface area contributed by atoms with Crippen molar-refractivity contribution in [2.75, 3.05) is 0 Å². The molecule has 2 aromatic rings. The Kier molecular flexibility index (Phi) is 4.66. The van der Waals surface area contributed by atoms with Crippen molar-refractivity contribution in [1.82, 2.24) is 14.8 Å². The number of rotatable bonds is 6. The lowest BCUT2D eigenvalue weighted by molar-refractivity contribution is -0.116. The molecule has 1 unspecified atom stereocenters. The highest BCUT2D eigenvalue weighted by atomic mass is 19.1. The third kappa shape index (κ3) is 3.35. The summed E-state index contributed by atoms with van der Waals surface area (Å²) in [5.41, 5.74) is -0.371. The molecule has 0 bridgehead atoms. The molecule has 0 saturated heterocycles. The summed E-state index contributed by atoms with van der Waals surface area (Å²) in [4.78, 5) is 3.94. The Balaban J connectivity index is 2.26. The van der Waals surface area contributed by atoms with Gasteiger partial charge in [-0.25, -0.2) is 9.37 Å². The molecule has 1 N–H and O–H groups in total. The lowest BCUT2D eigenvalue weighted by atomic mass is 9.65. The molecule has 1 heterocycles. The van der Waals surface area contributed by atoms with Crippen molar-refractivity contribution >= 4 is 0 Å². The van der Waals surface area contributed by atoms with Crippen LogP contribution in [0.15, 0.2) is 36.9 Å². The van der Waals surface area contributed by atoms with Gasteiger partial charge in [0.05, 0.1) is 12.1 Å². The van der Waals surface area contributed by atoms with Gasteiger partial charge in [0.25, 0.3) is 0 Å². The van der Waals surface area contributed by atoms with Gasteiger partial charge in [0, 0.05) is 0 Å². The van der Waals surface area contributed by atoms with Crippen LogP contribution in [0.1, 0.15) is 33.3 Å². The molecule has 0 aliphatic rings. The van der Waals surface area contributed by atoms with Gasteiger partial charge in [0.2, 0.25) is 0 Å². The minimum absolute atomic E-state index is 0.0344. The van der Waals surface area contributed by atoms with E-state index in [2.05, 4.69) is 10.1 Å². The van der Waals surface area contributed by atoms with Crippen molar-refractivity contribution in [3.05, 3.63) is 48.3 Å². The van der Waals surface area contributed by atoms with Crippen LogP contribution in [-0.2, 0) is 13.0 Å². The van der Waals surface area contributed by atoms with Crippen LogP contribution in [0.3, 0.4) is 0 Å². The molecule has 120 valence electrons. The Hall–Kier alpha value is -1.75. The fraction of sp³-hybridized carbons (Fsp3) is 0.529. The van der Waals surface area contributed by atoms with Crippen molar-refractivity contribution in [2.24, 2.45) is 11.3 Å². The van der Waals surface area contributed by atoms with E-state index < -0.39 is 11.0 Å². The van der Waals surface area contributed by atoms with E-state index in [1.807, 2.05) is 27.7 Å². The molecule has 5 heteroatoms. The van der Waals surface area contributed by atoms with Crippen LogP contribution in [0, 0.1) is 17.2 Å². The first-order valence-electron chi connectivity index (χ1n) is 7.54. The van der Waals surface area contributed by atoms with Crippen LogP contribution < -0.4 is 0 Å². The maximum Gasteiger partial charge on any atom is 0.137 e.